The van der Waals surface area contributed by atoms with Gasteiger partial charge in [-0.1, -0.05) is 43.0 Å². The molecule has 0 aliphatic carbocycles. The summed E-state index contributed by atoms with van der Waals surface area (Å²) in [4.78, 5) is 21.7. The first-order chi connectivity index (χ1) is 18.2. The number of amides is 1. The van der Waals surface area contributed by atoms with Gasteiger partial charge in [-0.05, 0) is 48.5 Å². The molecule has 0 N–H and O–H groups in total. The Morgan fingerprint density at radius 1 is 1.00 bits per heavy atom. The minimum Gasteiger partial charge on any atom is -0.495 e. The number of aromatic nitrogens is 4. The Hall–Kier alpha value is -3.69. The van der Waals surface area contributed by atoms with Crippen LogP contribution in [0.3, 0.4) is 0 Å². The SMILES string of the molecule is CCN1CCN(C(=O)c2cccc(CSc3nnc(-c4cccnc4)n3-c3ccccc3OC)c2)CC1. The highest BCUT2D eigenvalue weighted by atomic mass is 32.2. The number of nitrogens with zero attached hydrogens (tertiary/aromatic N) is 6. The summed E-state index contributed by atoms with van der Waals surface area (Å²) in [6, 6.07) is 19.6. The van der Waals surface area contributed by atoms with Crippen LogP contribution in [-0.2, 0) is 5.75 Å². The molecule has 37 heavy (non-hydrogen) atoms. The van der Waals surface area contributed by atoms with Crippen molar-refractivity contribution in [1.82, 2.24) is 29.5 Å². The Morgan fingerprint density at radius 2 is 1.84 bits per heavy atom. The average molecular weight is 515 g/mol. The van der Waals surface area contributed by atoms with Crippen LogP contribution in [0.1, 0.15) is 22.8 Å². The second-order valence-electron chi connectivity index (χ2n) is 8.77. The number of thioether (sulfide) groups is 1. The molecule has 190 valence electrons. The van der Waals surface area contributed by atoms with Crippen LogP contribution < -0.4 is 4.74 Å². The lowest BCUT2D eigenvalue weighted by molar-refractivity contribution is 0.0643. The first-order valence-electron chi connectivity index (χ1n) is 12.4. The number of carbonyl (C=O) groups excluding carboxylic acids is 1. The van der Waals surface area contributed by atoms with Crippen molar-refractivity contribution in [1.29, 1.82) is 0 Å². The molecule has 0 radical (unpaired) electrons. The van der Waals surface area contributed by atoms with Crippen molar-refractivity contribution < 1.29 is 9.53 Å². The van der Waals surface area contributed by atoms with Gasteiger partial charge >= 0.3 is 0 Å². The van der Waals surface area contributed by atoms with Crippen LogP contribution in [0.5, 0.6) is 5.75 Å². The lowest BCUT2D eigenvalue weighted by atomic mass is 10.1. The summed E-state index contributed by atoms with van der Waals surface area (Å²) in [5.41, 5.74) is 3.50. The van der Waals surface area contributed by atoms with E-state index in [4.69, 9.17) is 4.74 Å². The van der Waals surface area contributed by atoms with E-state index >= 15 is 0 Å². The van der Waals surface area contributed by atoms with Crippen molar-refractivity contribution in [2.24, 2.45) is 0 Å². The van der Waals surface area contributed by atoms with E-state index in [1.807, 2.05) is 70.1 Å². The summed E-state index contributed by atoms with van der Waals surface area (Å²) in [7, 11) is 1.66. The van der Waals surface area contributed by atoms with Crippen molar-refractivity contribution in [2.75, 3.05) is 39.8 Å². The number of likely N-dealkylation sites (N-methyl/N-ethyl adjacent to an activating group) is 1. The smallest absolute Gasteiger partial charge is 0.253 e. The zero-order chi connectivity index (χ0) is 25.6. The van der Waals surface area contributed by atoms with Gasteiger partial charge in [0.05, 0.1) is 12.8 Å². The fourth-order valence-corrected chi connectivity index (χ4v) is 5.36. The summed E-state index contributed by atoms with van der Waals surface area (Å²) in [5, 5.41) is 9.75. The molecule has 8 nitrogen and oxygen atoms in total. The van der Waals surface area contributed by atoms with Gasteiger partial charge in [-0.2, -0.15) is 0 Å². The number of piperazine rings is 1. The van der Waals surface area contributed by atoms with Crippen LogP contribution in [0.4, 0.5) is 0 Å². The minimum absolute atomic E-state index is 0.0960. The normalized spacial score (nSPS) is 14.1. The van der Waals surface area contributed by atoms with E-state index in [2.05, 4.69) is 27.0 Å². The highest BCUT2D eigenvalue weighted by Gasteiger charge is 2.22. The number of ether oxygens (including phenoxy) is 1. The molecule has 1 aliphatic heterocycles. The first-order valence-corrected chi connectivity index (χ1v) is 13.4. The van der Waals surface area contributed by atoms with Crippen molar-refractivity contribution in [3.05, 3.63) is 84.2 Å². The maximum atomic E-state index is 13.1. The Kier molecular flexibility index (Phi) is 7.82. The molecule has 1 amide bonds. The Labute approximate surface area is 221 Å². The number of pyridine rings is 1. The van der Waals surface area contributed by atoms with Crippen LogP contribution >= 0.6 is 11.8 Å². The number of rotatable bonds is 8. The molecule has 0 saturated carbocycles. The lowest BCUT2D eigenvalue weighted by Crippen LogP contribution is -2.48. The molecule has 9 heteroatoms. The van der Waals surface area contributed by atoms with Crippen LogP contribution in [0, 0.1) is 0 Å². The third-order valence-electron chi connectivity index (χ3n) is 6.53. The van der Waals surface area contributed by atoms with E-state index in [0.717, 1.165) is 66.0 Å². The van der Waals surface area contributed by atoms with Gasteiger partial charge in [0.1, 0.15) is 5.75 Å². The highest BCUT2D eigenvalue weighted by Crippen LogP contribution is 2.33. The van der Waals surface area contributed by atoms with Crippen molar-refractivity contribution in [3.63, 3.8) is 0 Å². The molecule has 0 spiro atoms. The zero-order valence-electron chi connectivity index (χ0n) is 21.1. The second kappa shape index (κ2) is 11.6. The van der Waals surface area contributed by atoms with Crippen LogP contribution in [0.15, 0.2) is 78.2 Å². The van der Waals surface area contributed by atoms with Gasteiger partial charge in [0.25, 0.3) is 5.91 Å². The summed E-state index contributed by atoms with van der Waals surface area (Å²) < 4.78 is 7.65. The van der Waals surface area contributed by atoms with Crippen LogP contribution in [0.2, 0.25) is 0 Å². The summed E-state index contributed by atoms with van der Waals surface area (Å²) in [5.74, 6) is 2.16. The third kappa shape index (κ3) is 5.52. The molecule has 3 heterocycles. The van der Waals surface area contributed by atoms with Gasteiger partial charge in [0, 0.05) is 55.5 Å². The van der Waals surface area contributed by atoms with E-state index in [1.54, 1.807) is 31.3 Å². The standard InChI is InChI=1S/C28H30N6O2S/c1-3-32-14-16-33(17-15-32)27(35)22-9-6-8-21(18-22)20-37-28-31-30-26(23-10-7-13-29-19-23)34(28)24-11-4-5-12-25(24)36-2/h4-13,18-19H,3,14-17,20H2,1-2H3. The van der Waals surface area contributed by atoms with Crippen molar-refractivity contribution in [2.45, 2.75) is 17.8 Å². The van der Waals surface area contributed by atoms with Gasteiger partial charge in [-0.15, -0.1) is 10.2 Å². The quantitative estimate of drug-likeness (QED) is 0.323. The van der Waals surface area contributed by atoms with Gasteiger partial charge in [-0.3, -0.25) is 14.3 Å². The van der Waals surface area contributed by atoms with E-state index in [-0.39, 0.29) is 5.91 Å². The van der Waals surface area contributed by atoms with Gasteiger partial charge in [-0.25, -0.2) is 0 Å². The zero-order valence-corrected chi connectivity index (χ0v) is 21.9. The van der Waals surface area contributed by atoms with Crippen LogP contribution in [-0.4, -0.2) is 75.3 Å². The molecule has 2 aromatic carbocycles. The summed E-state index contributed by atoms with van der Waals surface area (Å²) in [6.45, 7) is 6.57. The second-order valence-corrected chi connectivity index (χ2v) is 9.71. The number of para-hydroxylation sites is 2. The van der Waals surface area contributed by atoms with Crippen LogP contribution in [0.25, 0.3) is 17.1 Å². The molecule has 4 aromatic rings. The predicted molar refractivity (Wildman–Crippen MR) is 145 cm³/mol. The third-order valence-corrected chi connectivity index (χ3v) is 7.53. The summed E-state index contributed by atoms with van der Waals surface area (Å²) >= 11 is 1.57. The lowest BCUT2D eigenvalue weighted by Gasteiger charge is -2.34. The van der Waals surface area contributed by atoms with Gasteiger partial charge in [0.15, 0.2) is 11.0 Å². The number of methoxy groups -OCH3 is 1. The molecular weight excluding hydrogens is 484 g/mol. The molecule has 5 rings (SSSR count). The monoisotopic (exact) mass is 514 g/mol. The molecule has 0 atom stereocenters. The highest BCUT2D eigenvalue weighted by molar-refractivity contribution is 7.98. The molecule has 1 aliphatic rings. The minimum atomic E-state index is 0.0960. The van der Waals surface area contributed by atoms with Gasteiger partial charge in [0.2, 0.25) is 0 Å². The molecular formula is C28H30N6O2S. The average Bonchev–Trinajstić information content (AvgIpc) is 3.40. The van der Waals surface area contributed by atoms with E-state index < -0.39 is 0 Å². The number of hydrogen-bond acceptors (Lipinski definition) is 7. The molecule has 0 unspecified atom stereocenters. The largest absolute Gasteiger partial charge is 0.495 e. The Balaban J connectivity index is 1.39. The Bertz CT molecular complexity index is 1350. The molecule has 2 aromatic heterocycles. The molecule has 1 saturated heterocycles. The first kappa shape index (κ1) is 25.0. The van der Waals surface area contributed by atoms with E-state index in [1.165, 1.54) is 0 Å². The fraction of sp³-hybridized carbons (Fsp3) is 0.286. The topological polar surface area (TPSA) is 76.4 Å². The molecule has 1 fully saturated rings. The maximum Gasteiger partial charge on any atom is 0.253 e. The van der Waals surface area contributed by atoms with Gasteiger partial charge < -0.3 is 14.5 Å². The fourth-order valence-electron chi connectivity index (χ4n) is 4.47. The Morgan fingerprint density at radius 3 is 2.59 bits per heavy atom. The predicted octanol–water partition coefficient (Wildman–Crippen LogP) is 4.41. The maximum absolute atomic E-state index is 13.1. The van der Waals surface area contributed by atoms with E-state index in [9.17, 15) is 4.79 Å². The van der Waals surface area contributed by atoms with E-state index in [0.29, 0.717) is 11.6 Å². The van der Waals surface area contributed by atoms with Crippen molar-refractivity contribution in [3.8, 4) is 22.8 Å². The number of benzene rings is 2. The molecule has 0 bridgehead atoms. The number of carbonyl (C=O) groups is 1. The summed E-state index contributed by atoms with van der Waals surface area (Å²) in [6.07, 6.45) is 3.51. The number of hydrogen-bond donors (Lipinski definition) is 0. The van der Waals surface area contributed by atoms with Crippen molar-refractivity contribution >= 4 is 17.7 Å².